The van der Waals surface area contributed by atoms with Gasteiger partial charge in [-0.05, 0) is 37.7 Å². The van der Waals surface area contributed by atoms with Crippen LogP contribution in [-0.2, 0) is 35.0 Å². The third kappa shape index (κ3) is 7.92. The highest BCUT2D eigenvalue weighted by Crippen LogP contribution is 2.47. The summed E-state index contributed by atoms with van der Waals surface area (Å²) >= 11 is 0. The molecule has 5 atom stereocenters. The maximum Gasteiger partial charge on any atom is 0.270 e. The molecule has 3 aliphatic heterocycles. The number of unbranched alkanes of at least 4 members (excludes halogenated alkanes) is 1. The van der Waals surface area contributed by atoms with Crippen LogP contribution in [0.4, 0.5) is 0 Å². The van der Waals surface area contributed by atoms with E-state index < -0.39 is 60.8 Å². The second kappa shape index (κ2) is 14.3. The predicted molar refractivity (Wildman–Crippen MR) is 160 cm³/mol. The van der Waals surface area contributed by atoms with Crippen LogP contribution in [0.25, 0.3) is 0 Å². The first-order valence-electron chi connectivity index (χ1n) is 15.1. The van der Waals surface area contributed by atoms with E-state index in [4.69, 9.17) is 0 Å². The van der Waals surface area contributed by atoms with Crippen molar-refractivity contribution in [2.75, 3.05) is 19.3 Å². The van der Waals surface area contributed by atoms with Crippen molar-refractivity contribution < 1.29 is 33.4 Å². The van der Waals surface area contributed by atoms with Crippen LogP contribution in [0.3, 0.4) is 0 Å². The maximum absolute atomic E-state index is 13.8. The van der Waals surface area contributed by atoms with Gasteiger partial charge >= 0.3 is 0 Å². The molecule has 2 unspecified atom stereocenters. The van der Waals surface area contributed by atoms with Crippen molar-refractivity contribution in [1.29, 1.82) is 0 Å². The van der Waals surface area contributed by atoms with Crippen LogP contribution < -0.4 is 16.0 Å². The zero-order chi connectivity index (χ0) is 31.1. The molecule has 1 aromatic carbocycles. The van der Waals surface area contributed by atoms with E-state index >= 15 is 0 Å². The minimum atomic E-state index is -4.15. The topological polar surface area (TPSA) is 165 Å². The van der Waals surface area contributed by atoms with Gasteiger partial charge in [0.25, 0.3) is 5.91 Å². The van der Waals surface area contributed by atoms with Gasteiger partial charge in [-0.2, -0.15) is 0 Å². The van der Waals surface area contributed by atoms with Gasteiger partial charge in [-0.1, -0.05) is 56.7 Å². The Labute approximate surface area is 252 Å². The van der Waals surface area contributed by atoms with Crippen molar-refractivity contribution in [1.82, 2.24) is 25.8 Å². The Morgan fingerprint density at radius 2 is 1.56 bits per heavy atom. The number of hydrogen-bond donors (Lipinski definition) is 4. The Hall–Kier alpha value is -3.50. The summed E-state index contributed by atoms with van der Waals surface area (Å²) in [6.07, 6.45) is 2.91. The Bertz CT molecular complexity index is 1290. The number of amides is 5. The molecular formula is C30H42N5O7P. The van der Waals surface area contributed by atoms with Crippen LogP contribution in [0.1, 0.15) is 63.9 Å². The lowest BCUT2D eigenvalue weighted by molar-refractivity contribution is -0.139. The Morgan fingerprint density at radius 3 is 2.23 bits per heavy atom. The summed E-state index contributed by atoms with van der Waals surface area (Å²) in [4.78, 5) is 80.7. The SMILES string of the molecule is C=C1NC(=O)C(CCCC)NC(=O)[C@@H]2CCCN2C(=O)CCP(=O)(O)[C@H](Cc2ccccc2)NC(=O)[C@@H]2CCCN2C1=O. The molecule has 4 rings (SSSR count). The lowest BCUT2D eigenvalue weighted by Crippen LogP contribution is -2.54. The average molecular weight is 616 g/mol. The highest BCUT2D eigenvalue weighted by molar-refractivity contribution is 7.58. The Balaban J connectivity index is 1.65. The summed E-state index contributed by atoms with van der Waals surface area (Å²) < 4.78 is 13.8. The first-order valence-corrected chi connectivity index (χ1v) is 17.0. The van der Waals surface area contributed by atoms with Crippen molar-refractivity contribution in [3.63, 3.8) is 0 Å². The van der Waals surface area contributed by atoms with Crippen LogP contribution >= 0.6 is 7.37 Å². The molecule has 3 aliphatic rings. The number of carbonyl (C=O) groups excluding carboxylic acids is 5. The molecule has 0 saturated carbocycles. The fourth-order valence-electron chi connectivity index (χ4n) is 5.98. The number of carbonyl (C=O) groups is 5. The molecule has 13 heteroatoms. The van der Waals surface area contributed by atoms with E-state index in [1.54, 1.807) is 24.3 Å². The monoisotopic (exact) mass is 615 g/mol. The molecule has 0 spiro atoms. The Morgan fingerprint density at radius 1 is 0.930 bits per heavy atom. The highest BCUT2D eigenvalue weighted by atomic mass is 31.2. The fraction of sp³-hybridized carbons (Fsp3) is 0.567. The van der Waals surface area contributed by atoms with Gasteiger partial charge in [0.15, 0.2) is 0 Å². The summed E-state index contributed by atoms with van der Waals surface area (Å²) in [6.45, 7) is 6.25. The van der Waals surface area contributed by atoms with Crippen molar-refractivity contribution in [2.24, 2.45) is 0 Å². The molecule has 234 valence electrons. The molecule has 0 radical (unpaired) electrons. The zero-order valence-corrected chi connectivity index (χ0v) is 25.5. The highest BCUT2D eigenvalue weighted by Gasteiger charge is 2.41. The molecule has 12 nitrogen and oxygen atoms in total. The van der Waals surface area contributed by atoms with E-state index in [0.717, 1.165) is 12.0 Å². The van der Waals surface area contributed by atoms with Crippen molar-refractivity contribution >= 4 is 36.9 Å². The molecule has 0 aromatic heterocycles. The maximum atomic E-state index is 13.8. The predicted octanol–water partition coefficient (Wildman–Crippen LogP) is 1.63. The van der Waals surface area contributed by atoms with Gasteiger partial charge in [0.05, 0.1) is 5.70 Å². The zero-order valence-electron chi connectivity index (χ0n) is 24.6. The molecule has 5 amide bonds. The number of benzene rings is 1. The van der Waals surface area contributed by atoms with E-state index in [2.05, 4.69) is 22.5 Å². The summed E-state index contributed by atoms with van der Waals surface area (Å²) in [5.74, 6) is -3.94. The summed E-state index contributed by atoms with van der Waals surface area (Å²) in [7, 11) is -4.15. The minimum Gasteiger partial charge on any atom is -0.343 e. The molecule has 3 saturated heterocycles. The first-order chi connectivity index (χ1) is 20.5. The summed E-state index contributed by atoms with van der Waals surface area (Å²) in [5.41, 5.74) is 0.493. The van der Waals surface area contributed by atoms with Crippen molar-refractivity contribution in [2.45, 2.75) is 88.6 Å². The number of nitrogens with one attached hydrogen (secondary N) is 3. The molecule has 0 bridgehead atoms. The largest absolute Gasteiger partial charge is 0.343 e. The van der Waals surface area contributed by atoms with Gasteiger partial charge in [-0.25, -0.2) is 0 Å². The normalized spacial score (nSPS) is 29.7. The van der Waals surface area contributed by atoms with Crippen LogP contribution in [0.5, 0.6) is 0 Å². The summed E-state index contributed by atoms with van der Waals surface area (Å²) in [6, 6.07) is 6.23. The van der Waals surface area contributed by atoms with Crippen molar-refractivity contribution in [3.05, 3.63) is 48.2 Å². The van der Waals surface area contributed by atoms with Crippen LogP contribution in [-0.4, -0.2) is 87.4 Å². The second-order valence-corrected chi connectivity index (χ2v) is 14.1. The fourth-order valence-corrected chi connectivity index (χ4v) is 7.62. The lowest BCUT2D eigenvalue weighted by atomic mass is 10.1. The second-order valence-electron chi connectivity index (χ2n) is 11.5. The number of fused-ring (bicyclic) bond motifs is 2. The molecule has 0 aliphatic carbocycles. The molecule has 3 fully saturated rings. The lowest BCUT2D eigenvalue weighted by Gasteiger charge is -2.31. The smallest absolute Gasteiger partial charge is 0.270 e. The third-order valence-corrected chi connectivity index (χ3v) is 10.6. The van der Waals surface area contributed by atoms with E-state index in [-0.39, 0.29) is 31.2 Å². The average Bonchev–Trinajstić information content (AvgIpc) is 3.68. The molecule has 1 aromatic rings. The number of rotatable bonds is 5. The number of hydrogen-bond acceptors (Lipinski definition) is 6. The molecule has 43 heavy (non-hydrogen) atoms. The van der Waals surface area contributed by atoms with Gasteiger partial charge in [0, 0.05) is 32.1 Å². The van der Waals surface area contributed by atoms with Crippen molar-refractivity contribution in [3.8, 4) is 0 Å². The van der Waals surface area contributed by atoms with Crippen LogP contribution in [0.2, 0.25) is 0 Å². The summed E-state index contributed by atoms with van der Waals surface area (Å²) in [5, 5.41) is 8.01. The van der Waals surface area contributed by atoms with E-state index in [1.807, 2.05) is 13.0 Å². The van der Waals surface area contributed by atoms with Gasteiger partial charge in [-0.15, -0.1) is 0 Å². The molecule has 3 heterocycles. The van der Waals surface area contributed by atoms with Gasteiger partial charge < -0.3 is 30.6 Å². The molecule has 4 N–H and O–H groups in total. The van der Waals surface area contributed by atoms with Crippen LogP contribution in [0, 0.1) is 0 Å². The van der Waals surface area contributed by atoms with Gasteiger partial charge in [0.1, 0.15) is 23.9 Å². The molecular weight excluding hydrogens is 573 g/mol. The number of nitrogens with zero attached hydrogens (tertiary/aromatic N) is 2. The third-order valence-electron chi connectivity index (χ3n) is 8.42. The quantitative estimate of drug-likeness (QED) is 0.289. The van der Waals surface area contributed by atoms with E-state index in [9.17, 15) is 33.4 Å². The van der Waals surface area contributed by atoms with Gasteiger partial charge in [-0.3, -0.25) is 28.5 Å². The van der Waals surface area contributed by atoms with E-state index in [0.29, 0.717) is 45.1 Å². The van der Waals surface area contributed by atoms with Crippen LogP contribution in [0.15, 0.2) is 42.6 Å². The first kappa shape index (κ1) is 32.4. The van der Waals surface area contributed by atoms with Gasteiger partial charge in [0.2, 0.25) is 31.0 Å². The Kier molecular flexibility index (Phi) is 10.8. The minimum absolute atomic E-state index is 0.0475. The standard InChI is InChI=1S/C30H42N5O7P/c1-3-4-12-22-27(37)31-20(2)30(40)35-17-9-14-24(35)29(39)33-25(19-21-10-6-5-7-11-21)43(41,42)18-15-26(36)34-16-8-13-23(34)28(38)32-22/h5-7,10-11,22-25H,2-4,8-9,12-19H2,1H3,(H,31,37)(H,32,38)(H,33,39)(H,41,42)/t22?,23-,24-,25+/m0/s1. The van der Waals surface area contributed by atoms with E-state index in [1.165, 1.54) is 9.80 Å².